The Hall–Kier alpha value is -1.75. The molecule has 19 heavy (non-hydrogen) atoms. The highest BCUT2D eigenvalue weighted by Crippen LogP contribution is 2.26. The molecule has 1 aliphatic carbocycles. The number of nitrogens with two attached hydrogens (primary N) is 1. The number of hydrogen-bond acceptors (Lipinski definition) is 4. The lowest BCUT2D eigenvalue weighted by atomic mass is 9.96. The normalized spacial score (nSPS) is 14.8. The number of ether oxygens (including phenoxy) is 2. The first kappa shape index (κ1) is 13.7. The lowest BCUT2D eigenvalue weighted by Crippen LogP contribution is -2.24. The summed E-state index contributed by atoms with van der Waals surface area (Å²) in [6.45, 7) is 0.459. The minimum Gasteiger partial charge on any atom is -0.495 e. The molecular formula is C14H20N2O3. The van der Waals surface area contributed by atoms with E-state index in [0.29, 0.717) is 36.3 Å². The first-order valence-corrected chi connectivity index (χ1v) is 6.54. The number of amides is 1. The number of carbonyl (C=O) groups excluding carboxylic acids is 1. The molecule has 1 fully saturated rings. The van der Waals surface area contributed by atoms with E-state index in [4.69, 9.17) is 15.2 Å². The van der Waals surface area contributed by atoms with Crippen LogP contribution in [0.3, 0.4) is 0 Å². The fourth-order valence-corrected chi connectivity index (χ4v) is 1.89. The van der Waals surface area contributed by atoms with Crippen molar-refractivity contribution in [3.63, 3.8) is 0 Å². The van der Waals surface area contributed by atoms with Crippen LogP contribution in [-0.2, 0) is 9.53 Å². The molecule has 1 aromatic rings. The molecule has 0 bridgehead atoms. The average molecular weight is 264 g/mol. The van der Waals surface area contributed by atoms with Crippen molar-refractivity contribution in [2.45, 2.75) is 31.8 Å². The molecule has 0 radical (unpaired) electrons. The van der Waals surface area contributed by atoms with Gasteiger partial charge in [-0.05, 0) is 37.5 Å². The number of hydrogen-bond donors (Lipinski definition) is 2. The molecule has 5 nitrogen and oxygen atoms in total. The Morgan fingerprint density at radius 1 is 1.47 bits per heavy atom. The summed E-state index contributed by atoms with van der Waals surface area (Å²) in [6, 6.07) is 5.15. The molecule has 0 heterocycles. The van der Waals surface area contributed by atoms with Crippen molar-refractivity contribution in [1.29, 1.82) is 0 Å². The number of anilines is 2. The molecule has 0 spiro atoms. The smallest absolute Gasteiger partial charge is 0.226 e. The largest absolute Gasteiger partial charge is 0.495 e. The fourth-order valence-electron chi connectivity index (χ4n) is 1.89. The van der Waals surface area contributed by atoms with E-state index in [9.17, 15) is 4.79 Å². The van der Waals surface area contributed by atoms with Gasteiger partial charge in [-0.25, -0.2) is 0 Å². The van der Waals surface area contributed by atoms with Gasteiger partial charge < -0.3 is 20.5 Å². The molecule has 104 valence electrons. The van der Waals surface area contributed by atoms with Gasteiger partial charge in [0.2, 0.25) is 5.91 Å². The predicted octanol–water partition coefficient (Wildman–Crippen LogP) is 2.18. The van der Waals surface area contributed by atoms with Crippen LogP contribution in [-0.4, -0.2) is 25.7 Å². The monoisotopic (exact) mass is 264 g/mol. The molecule has 3 N–H and O–H groups in total. The van der Waals surface area contributed by atoms with E-state index in [1.54, 1.807) is 25.3 Å². The molecule has 1 aromatic carbocycles. The van der Waals surface area contributed by atoms with Crippen LogP contribution in [0.5, 0.6) is 5.75 Å². The Kier molecular flexibility index (Phi) is 4.63. The molecule has 1 aliphatic rings. The second-order valence-corrected chi connectivity index (χ2v) is 4.68. The van der Waals surface area contributed by atoms with Gasteiger partial charge in [-0.2, -0.15) is 0 Å². The number of carbonyl (C=O) groups is 1. The van der Waals surface area contributed by atoms with Crippen LogP contribution in [0.25, 0.3) is 0 Å². The second kappa shape index (κ2) is 6.43. The number of nitrogens with one attached hydrogen (secondary N) is 1. The van der Waals surface area contributed by atoms with Crippen LogP contribution < -0.4 is 15.8 Å². The topological polar surface area (TPSA) is 73.6 Å². The molecule has 2 rings (SSSR count). The van der Waals surface area contributed by atoms with E-state index >= 15 is 0 Å². The van der Waals surface area contributed by atoms with Crippen molar-refractivity contribution in [2.75, 3.05) is 24.8 Å². The van der Waals surface area contributed by atoms with Gasteiger partial charge in [0.1, 0.15) is 5.75 Å². The highest BCUT2D eigenvalue weighted by molar-refractivity contribution is 5.92. The zero-order chi connectivity index (χ0) is 13.7. The SMILES string of the molecule is COc1ccc(N)cc1NC(=O)CCOC1CCC1. The maximum absolute atomic E-state index is 11.8. The van der Waals surface area contributed by atoms with E-state index in [-0.39, 0.29) is 5.91 Å². The molecule has 1 amide bonds. The van der Waals surface area contributed by atoms with E-state index in [2.05, 4.69) is 5.32 Å². The number of nitrogen functional groups attached to an aromatic ring is 1. The molecule has 0 aliphatic heterocycles. The first-order valence-electron chi connectivity index (χ1n) is 6.54. The predicted molar refractivity (Wildman–Crippen MR) is 74.2 cm³/mol. The Morgan fingerprint density at radius 2 is 2.26 bits per heavy atom. The highest BCUT2D eigenvalue weighted by atomic mass is 16.5. The Bertz CT molecular complexity index is 444. The van der Waals surface area contributed by atoms with Gasteiger partial charge in [0, 0.05) is 5.69 Å². The number of methoxy groups -OCH3 is 1. The summed E-state index contributed by atoms with van der Waals surface area (Å²) in [6.07, 6.45) is 4.16. The Labute approximate surface area is 113 Å². The third-order valence-electron chi connectivity index (χ3n) is 3.23. The van der Waals surface area contributed by atoms with Gasteiger partial charge in [0.25, 0.3) is 0 Å². The van der Waals surface area contributed by atoms with E-state index in [1.165, 1.54) is 6.42 Å². The lowest BCUT2D eigenvalue weighted by molar-refractivity contribution is -0.118. The van der Waals surface area contributed by atoms with Crippen LogP contribution in [0.15, 0.2) is 18.2 Å². The molecular weight excluding hydrogens is 244 g/mol. The van der Waals surface area contributed by atoms with Crippen LogP contribution in [0, 0.1) is 0 Å². The van der Waals surface area contributed by atoms with Crippen molar-refractivity contribution in [2.24, 2.45) is 0 Å². The maximum Gasteiger partial charge on any atom is 0.226 e. The van der Waals surface area contributed by atoms with Crippen LogP contribution in [0.4, 0.5) is 11.4 Å². The maximum atomic E-state index is 11.8. The highest BCUT2D eigenvalue weighted by Gasteiger charge is 2.18. The van der Waals surface area contributed by atoms with Gasteiger partial charge in [0.05, 0.1) is 31.9 Å². The van der Waals surface area contributed by atoms with E-state index in [1.807, 2.05) is 0 Å². The summed E-state index contributed by atoms with van der Waals surface area (Å²) in [5, 5.41) is 2.79. The Balaban J connectivity index is 1.81. The van der Waals surface area contributed by atoms with Crippen LogP contribution in [0.2, 0.25) is 0 Å². The second-order valence-electron chi connectivity index (χ2n) is 4.68. The van der Waals surface area contributed by atoms with Gasteiger partial charge in [0.15, 0.2) is 0 Å². The Morgan fingerprint density at radius 3 is 2.89 bits per heavy atom. The molecule has 0 saturated heterocycles. The van der Waals surface area contributed by atoms with Crippen LogP contribution >= 0.6 is 0 Å². The van der Waals surface area contributed by atoms with E-state index in [0.717, 1.165) is 12.8 Å². The van der Waals surface area contributed by atoms with Gasteiger partial charge in [-0.1, -0.05) is 0 Å². The molecule has 0 unspecified atom stereocenters. The fraction of sp³-hybridized carbons (Fsp3) is 0.500. The van der Waals surface area contributed by atoms with Gasteiger partial charge in [-0.3, -0.25) is 4.79 Å². The van der Waals surface area contributed by atoms with Crippen LogP contribution in [0.1, 0.15) is 25.7 Å². The number of benzene rings is 1. The first-order chi connectivity index (χ1) is 9.19. The number of rotatable bonds is 6. The lowest BCUT2D eigenvalue weighted by Gasteiger charge is -2.25. The summed E-state index contributed by atoms with van der Waals surface area (Å²) < 4.78 is 10.7. The van der Waals surface area contributed by atoms with Crippen molar-refractivity contribution >= 4 is 17.3 Å². The zero-order valence-corrected chi connectivity index (χ0v) is 11.1. The third-order valence-corrected chi connectivity index (χ3v) is 3.23. The molecule has 0 aromatic heterocycles. The minimum atomic E-state index is -0.0942. The average Bonchev–Trinajstić information content (AvgIpc) is 2.32. The quantitative estimate of drug-likeness (QED) is 0.772. The van der Waals surface area contributed by atoms with Crippen molar-refractivity contribution in [1.82, 2.24) is 0 Å². The van der Waals surface area contributed by atoms with Crippen molar-refractivity contribution in [3.8, 4) is 5.75 Å². The summed E-state index contributed by atoms with van der Waals surface area (Å²) in [4.78, 5) is 11.8. The molecule has 0 atom stereocenters. The molecule has 1 saturated carbocycles. The van der Waals surface area contributed by atoms with E-state index < -0.39 is 0 Å². The zero-order valence-electron chi connectivity index (χ0n) is 11.1. The van der Waals surface area contributed by atoms with Crippen molar-refractivity contribution in [3.05, 3.63) is 18.2 Å². The summed E-state index contributed by atoms with van der Waals surface area (Å²) in [5.74, 6) is 0.505. The molecule has 5 heteroatoms. The van der Waals surface area contributed by atoms with Gasteiger partial charge in [-0.15, -0.1) is 0 Å². The summed E-state index contributed by atoms with van der Waals surface area (Å²) in [5.41, 5.74) is 6.87. The standard InChI is InChI=1S/C14H20N2O3/c1-18-13-6-5-10(15)9-12(13)16-14(17)7-8-19-11-3-2-4-11/h5-6,9,11H,2-4,7-8,15H2,1H3,(H,16,17). The summed E-state index contributed by atoms with van der Waals surface area (Å²) in [7, 11) is 1.56. The minimum absolute atomic E-state index is 0.0942. The van der Waals surface area contributed by atoms with Crippen molar-refractivity contribution < 1.29 is 14.3 Å². The third kappa shape index (κ3) is 3.86. The van der Waals surface area contributed by atoms with Gasteiger partial charge >= 0.3 is 0 Å². The summed E-state index contributed by atoms with van der Waals surface area (Å²) >= 11 is 0.